The van der Waals surface area contributed by atoms with Crippen LogP contribution >= 0.6 is 0 Å². The predicted molar refractivity (Wildman–Crippen MR) is 24.6 cm³/mol. The minimum atomic E-state index is -5.66. The molecule has 0 radical (unpaired) electrons. The van der Waals surface area contributed by atoms with Gasteiger partial charge in [-0.15, -0.1) is 0 Å². The fourth-order valence-corrected chi connectivity index (χ4v) is 0.374. The molecule has 78 valence electrons. The van der Waals surface area contributed by atoms with Crippen LogP contribution in [-0.2, 0) is 9.53 Å². The lowest BCUT2D eigenvalue weighted by Crippen LogP contribution is -2.32. The molecule has 0 aliphatic carbocycles. The monoisotopic (exact) mass is 212 g/mol. The summed E-state index contributed by atoms with van der Waals surface area (Å²) in [7, 11) is 0. The van der Waals surface area contributed by atoms with Gasteiger partial charge < -0.3 is 5.11 Å². The van der Waals surface area contributed by atoms with Crippen molar-refractivity contribution in [1.29, 1.82) is 0 Å². The van der Waals surface area contributed by atoms with Crippen LogP contribution in [0.1, 0.15) is 0 Å². The maximum Gasteiger partial charge on any atom is 0.458 e. The average Bonchev–Trinajstić information content (AvgIpc) is 2.33. The lowest BCUT2D eigenvalue weighted by Gasteiger charge is -2.04. The predicted octanol–water partition coefficient (Wildman–Crippen LogP) is 1.54. The molecule has 1 unspecified atom stereocenters. The highest BCUT2D eigenvalue weighted by Crippen LogP contribution is 2.60. The van der Waals surface area contributed by atoms with E-state index in [4.69, 9.17) is 9.90 Å². The summed E-state index contributed by atoms with van der Waals surface area (Å²) in [5.41, 5.74) is 0. The summed E-state index contributed by atoms with van der Waals surface area (Å²) in [5, 5.41) is 6.89. The van der Waals surface area contributed by atoms with Gasteiger partial charge in [0.15, 0.2) is 0 Å². The van der Waals surface area contributed by atoms with Gasteiger partial charge in [0, 0.05) is 0 Å². The van der Waals surface area contributed by atoms with Crippen molar-refractivity contribution in [3.8, 4) is 0 Å². The van der Waals surface area contributed by atoms with Crippen LogP contribution in [0.4, 0.5) is 26.3 Å². The Morgan fingerprint density at radius 2 is 1.46 bits per heavy atom. The lowest BCUT2D eigenvalue weighted by molar-refractivity contribution is -0.231. The van der Waals surface area contributed by atoms with Crippen LogP contribution in [-0.4, -0.2) is 29.7 Å². The van der Waals surface area contributed by atoms with Gasteiger partial charge in [-0.25, -0.2) is 0 Å². The highest BCUT2D eigenvalue weighted by molar-refractivity contribution is 5.32. The summed E-state index contributed by atoms with van der Waals surface area (Å²) in [4.78, 5) is 8.36. The van der Waals surface area contributed by atoms with Gasteiger partial charge in [0.05, 0.1) is 0 Å². The van der Waals surface area contributed by atoms with Crippen molar-refractivity contribution in [2.24, 2.45) is 0 Å². The number of epoxide rings is 1. The second-order valence-electron chi connectivity index (χ2n) is 1.82. The van der Waals surface area contributed by atoms with E-state index in [0.717, 1.165) is 0 Å². The Labute approximate surface area is 66.9 Å². The van der Waals surface area contributed by atoms with Gasteiger partial charge in [0.25, 0.3) is 6.47 Å². The molecule has 1 rings (SSSR count). The summed E-state index contributed by atoms with van der Waals surface area (Å²) in [6, 6.07) is 0. The van der Waals surface area contributed by atoms with Crippen molar-refractivity contribution >= 4 is 6.47 Å². The van der Waals surface area contributed by atoms with Crippen molar-refractivity contribution in [3.05, 3.63) is 0 Å². The fourth-order valence-electron chi connectivity index (χ4n) is 0.374. The van der Waals surface area contributed by atoms with E-state index in [9.17, 15) is 26.3 Å². The zero-order valence-electron chi connectivity index (χ0n) is 5.61. The summed E-state index contributed by atoms with van der Waals surface area (Å²) in [5.74, 6) is -4.75. The Hall–Kier alpha value is -0.990. The minimum Gasteiger partial charge on any atom is -0.483 e. The van der Waals surface area contributed by atoms with Crippen molar-refractivity contribution in [3.63, 3.8) is 0 Å². The van der Waals surface area contributed by atoms with E-state index in [1.807, 2.05) is 0 Å². The fraction of sp³-hybridized carbons (Fsp3) is 0.750. The van der Waals surface area contributed by atoms with Gasteiger partial charge in [0.1, 0.15) is 0 Å². The summed E-state index contributed by atoms with van der Waals surface area (Å²) < 4.78 is 70.4. The highest BCUT2D eigenvalue weighted by atomic mass is 19.4. The summed E-state index contributed by atoms with van der Waals surface area (Å²) in [6.07, 6.45) is -10.4. The Morgan fingerprint density at radius 3 is 1.46 bits per heavy atom. The number of carbonyl (C=O) groups is 1. The SMILES string of the molecule is FC(F)(F)C1(F)OC1(F)F.O=CO. The van der Waals surface area contributed by atoms with Crippen molar-refractivity contribution in [1.82, 2.24) is 0 Å². The molecular formula is C4H2F6O3. The molecule has 0 aromatic carbocycles. The third kappa shape index (κ3) is 2.02. The van der Waals surface area contributed by atoms with Crippen LogP contribution in [0.15, 0.2) is 0 Å². The molecule has 1 heterocycles. The van der Waals surface area contributed by atoms with Crippen molar-refractivity contribution in [2.45, 2.75) is 18.1 Å². The number of alkyl halides is 6. The van der Waals surface area contributed by atoms with E-state index < -0.39 is 18.1 Å². The maximum atomic E-state index is 11.7. The molecular weight excluding hydrogens is 210 g/mol. The van der Waals surface area contributed by atoms with Gasteiger partial charge in [-0.1, -0.05) is 0 Å². The molecule has 1 N–H and O–H groups in total. The Morgan fingerprint density at radius 1 is 1.23 bits per heavy atom. The van der Waals surface area contributed by atoms with Crippen LogP contribution < -0.4 is 0 Å². The molecule has 0 aromatic heterocycles. The molecule has 1 aliphatic rings. The molecule has 13 heavy (non-hydrogen) atoms. The van der Waals surface area contributed by atoms with Crippen LogP contribution in [0.2, 0.25) is 0 Å². The first-order chi connectivity index (χ1) is 5.62. The first-order valence-corrected chi connectivity index (χ1v) is 2.54. The molecule has 1 fully saturated rings. The zero-order valence-corrected chi connectivity index (χ0v) is 5.61. The number of ether oxygens (including phenoxy) is 1. The Balaban J connectivity index is 0.000000424. The van der Waals surface area contributed by atoms with Gasteiger partial charge in [-0.3, -0.25) is 9.53 Å². The third-order valence-electron chi connectivity index (χ3n) is 0.966. The molecule has 0 amide bonds. The molecule has 1 aliphatic heterocycles. The van der Waals surface area contributed by atoms with Gasteiger partial charge >= 0.3 is 18.1 Å². The standard InChI is InChI=1S/C3F6O.CH2O2/c4-1(2(5,6)7)3(8,9)10-1;2-1-3/h;1H,(H,2,3). The first-order valence-electron chi connectivity index (χ1n) is 2.54. The van der Waals surface area contributed by atoms with Crippen LogP contribution in [0, 0.1) is 0 Å². The molecule has 0 saturated carbocycles. The molecule has 1 atom stereocenters. The number of carboxylic acid groups (broad SMARTS) is 1. The zero-order chi connectivity index (χ0) is 10.9. The molecule has 3 nitrogen and oxygen atoms in total. The number of halogens is 6. The summed E-state index contributed by atoms with van der Waals surface area (Å²) >= 11 is 0. The second-order valence-corrected chi connectivity index (χ2v) is 1.82. The molecule has 0 aromatic rings. The van der Waals surface area contributed by atoms with E-state index in [-0.39, 0.29) is 6.47 Å². The summed E-state index contributed by atoms with van der Waals surface area (Å²) in [6.45, 7) is -0.250. The molecule has 9 heteroatoms. The van der Waals surface area contributed by atoms with Gasteiger partial charge in [0.2, 0.25) is 0 Å². The quantitative estimate of drug-likeness (QED) is 0.376. The largest absolute Gasteiger partial charge is 0.483 e. The molecule has 1 saturated heterocycles. The number of hydrogen-bond donors (Lipinski definition) is 1. The van der Waals surface area contributed by atoms with E-state index >= 15 is 0 Å². The lowest BCUT2D eigenvalue weighted by atomic mass is 10.4. The van der Waals surface area contributed by atoms with Gasteiger partial charge in [-0.05, 0) is 0 Å². The third-order valence-corrected chi connectivity index (χ3v) is 0.966. The molecule has 0 spiro atoms. The van der Waals surface area contributed by atoms with E-state index in [0.29, 0.717) is 0 Å². The van der Waals surface area contributed by atoms with Crippen LogP contribution in [0.25, 0.3) is 0 Å². The van der Waals surface area contributed by atoms with Crippen LogP contribution in [0.5, 0.6) is 0 Å². The number of hydrogen-bond acceptors (Lipinski definition) is 2. The van der Waals surface area contributed by atoms with E-state index in [1.165, 1.54) is 0 Å². The average molecular weight is 212 g/mol. The number of rotatable bonds is 0. The molecule has 0 bridgehead atoms. The maximum absolute atomic E-state index is 11.7. The van der Waals surface area contributed by atoms with Crippen molar-refractivity contribution in [2.75, 3.05) is 0 Å². The highest BCUT2D eigenvalue weighted by Gasteiger charge is 2.90. The normalized spacial score (nSPS) is 30.0. The minimum absolute atomic E-state index is 0.250. The van der Waals surface area contributed by atoms with Crippen molar-refractivity contribution < 1.29 is 41.0 Å². The van der Waals surface area contributed by atoms with E-state index in [1.54, 1.807) is 0 Å². The Kier molecular flexibility index (Phi) is 2.82. The van der Waals surface area contributed by atoms with E-state index in [2.05, 4.69) is 4.74 Å². The smallest absolute Gasteiger partial charge is 0.458 e. The second kappa shape index (κ2) is 3.05. The topological polar surface area (TPSA) is 49.8 Å². The Bertz CT molecular complexity index is 201. The first kappa shape index (κ1) is 12.0. The van der Waals surface area contributed by atoms with Gasteiger partial charge in [-0.2, -0.15) is 26.3 Å². The van der Waals surface area contributed by atoms with Crippen LogP contribution in [0.3, 0.4) is 0 Å².